The van der Waals surface area contributed by atoms with Crippen molar-refractivity contribution in [2.45, 2.75) is 13.2 Å². The van der Waals surface area contributed by atoms with Crippen LogP contribution >= 0.6 is 0 Å². The van der Waals surface area contributed by atoms with Gasteiger partial charge in [-0.25, -0.2) is 0 Å². The van der Waals surface area contributed by atoms with Crippen LogP contribution in [-0.2, 0) is 13.2 Å². The molecular weight excluding hydrogens is 152 g/mol. The molecule has 0 saturated carbocycles. The lowest BCUT2D eigenvalue weighted by Gasteiger charge is -2.07. The van der Waals surface area contributed by atoms with Crippen molar-refractivity contribution in [3.8, 4) is 0 Å². The van der Waals surface area contributed by atoms with Gasteiger partial charge < -0.3 is 10.2 Å². The minimum atomic E-state index is -0.0575. The first kappa shape index (κ1) is 8.97. The van der Waals surface area contributed by atoms with Crippen molar-refractivity contribution in [2.75, 3.05) is 0 Å². The molecule has 1 aromatic carbocycles. The highest BCUT2D eigenvalue weighted by Gasteiger charge is 2.02. The molecule has 0 aliphatic rings. The summed E-state index contributed by atoms with van der Waals surface area (Å²) in [5.41, 5.74) is 2.40. The fourth-order valence-corrected chi connectivity index (χ4v) is 1.19. The van der Waals surface area contributed by atoms with Crippen LogP contribution in [0.5, 0.6) is 0 Å². The Labute approximate surface area is 71.8 Å². The Kier molecular flexibility index (Phi) is 3.02. The Morgan fingerprint density at radius 3 is 2.50 bits per heavy atom. The summed E-state index contributed by atoms with van der Waals surface area (Å²) < 4.78 is 0. The van der Waals surface area contributed by atoms with Gasteiger partial charge in [-0.15, -0.1) is 0 Å². The molecule has 2 nitrogen and oxygen atoms in total. The Balaban J connectivity index is 3.21. The third-order valence-electron chi connectivity index (χ3n) is 1.86. The molecule has 0 amide bonds. The zero-order valence-electron chi connectivity index (χ0n) is 6.83. The zero-order chi connectivity index (χ0) is 8.97. The minimum Gasteiger partial charge on any atom is -0.392 e. The van der Waals surface area contributed by atoms with Crippen molar-refractivity contribution in [1.29, 1.82) is 0 Å². The van der Waals surface area contributed by atoms with Crippen LogP contribution in [0.15, 0.2) is 24.8 Å². The van der Waals surface area contributed by atoms with Crippen molar-refractivity contribution in [3.05, 3.63) is 41.5 Å². The van der Waals surface area contributed by atoms with Crippen LogP contribution in [0, 0.1) is 0 Å². The normalized spacial score (nSPS) is 9.83. The quantitative estimate of drug-likeness (QED) is 0.707. The molecule has 2 N–H and O–H groups in total. The van der Waals surface area contributed by atoms with Crippen molar-refractivity contribution >= 4 is 6.08 Å². The summed E-state index contributed by atoms with van der Waals surface area (Å²) in [5, 5.41) is 17.9. The van der Waals surface area contributed by atoms with Crippen molar-refractivity contribution < 1.29 is 10.2 Å². The van der Waals surface area contributed by atoms with E-state index < -0.39 is 0 Å². The smallest absolute Gasteiger partial charge is 0.0691 e. The molecule has 0 aliphatic heterocycles. The van der Waals surface area contributed by atoms with Gasteiger partial charge in [0.05, 0.1) is 13.2 Å². The van der Waals surface area contributed by atoms with Crippen LogP contribution < -0.4 is 0 Å². The topological polar surface area (TPSA) is 40.5 Å². The van der Waals surface area contributed by atoms with Crippen molar-refractivity contribution in [2.24, 2.45) is 0 Å². The van der Waals surface area contributed by atoms with Gasteiger partial charge >= 0.3 is 0 Å². The number of aliphatic hydroxyl groups is 2. The zero-order valence-corrected chi connectivity index (χ0v) is 6.83. The molecule has 2 heteroatoms. The van der Waals surface area contributed by atoms with E-state index >= 15 is 0 Å². The summed E-state index contributed by atoms with van der Waals surface area (Å²) in [6.07, 6.45) is 1.67. The van der Waals surface area contributed by atoms with E-state index in [1.54, 1.807) is 12.1 Å². The van der Waals surface area contributed by atoms with Gasteiger partial charge in [0.2, 0.25) is 0 Å². The standard InChI is InChI=1S/C10H12O2/c1-2-8-4-3-5-9(6-11)10(8)7-12/h2-5,11-12H,1,6-7H2. The van der Waals surface area contributed by atoms with E-state index in [0.29, 0.717) is 0 Å². The minimum absolute atomic E-state index is 0.0441. The Morgan fingerprint density at radius 1 is 1.25 bits per heavy atom. The Hall–Kier alpha value is -1.12. The average Bonchev–Trinajstić information content (AvgIpc) is 2.16. The van der Waals surface area contributed by atoms with Gasteiger partial charge in [0, 0.05) is 0 Å². The molecule has 0 spiro atoms. The van der Waals surface area contributed by atoms with E-state index in [1.165, 1.54) is 0 Å². The van der Waals surface area contributed by atoms with Gasteiger partial charge in [0.1, 0.15) is 0 Å². The van der Waals surface area contributed by atoms with Gasteiger partial charge in [-0.1, -0.05) is 30.9 Å². The third-order valence-corrected chi connectivity index (χ3v) is 1.86. The molecule has 0 saturated heterocycles. The number of aliphatic hydroxyl groups excluding tert-OH is 2. The molecule has 0 atom stereocenters. The lowest BCUT2D eigenvalue weighted by Crippen LogP contribution is -1.96. The second kappa shape index (κ2) is 4.04. The Bertz CT molecular complexity index is 279. The van der Waals surface area contributed by atoms with Crippen LogP contribution in [0.1, 0.15) is 16.7 Å². The number of rotatable bonds is 3. The summed E-state index contributed by atoms with van der Waals surface area (Å²) >= 11 is 0. The van der Waals surface area contributed by atoms with Gasteiger partial charge in [-0.3, -0.25) is 0 Å². The van der Waals surface area contributed by atoms with Crippen LogP contribution in [0.3, 0.4) is 0 Å². The monoisotopic (exact) mass is 164 g/mol. The van der Waals surface area contributed by atoms with Gasteiger partial charge in [-0.2, -0.15) is 0 Å². The van der Waals surface area contributed by atoms with Gasteiger partial charge in [-0.05, 0) is 16.7 Å². The second-order valence-corrected chi connectivity index (χ2v) is 2.51. The fraction of sp³-hybridized carbons (Fsp3) is 0.200. The van der Waals surface area contributed by atoms with Crippen LogP contribution in [0.25, 0.3) is 6.08 Å². The molecular formula is C10H12O2. The largest absolute Gasteiger partial charge is 0.392 e. The highest BCUT2D eigenvalue weighted by Crippen LogP contribution is 2.15. The molecule has 0 aromatic heterocycles. The first-order valence-corrected chi connectivity index (χ1v) is 3.78. The number of hydrogen-bond donors (Lipinski definition) is 2. The van der Waals surface area contributed by atoms with E-state index in [4.69, 9.17) is 10.2 Å². The number of hydrogen-bond acceptors (Lipinski definition) is 2. The third kappa shape index (κ3) is 1.55. The molecule has 0 aliphatic carbocycles. The highest BCUT2D eigenvalue weighted by molar-refractivity contribution is 5.54. The van der Waals surface area contributed by atoms with E-state index in [2.05, 4.69) is 6.58 Å². The lowest BCUT2D eigenvalue weighted by atomic mass is 10.0. The second-order valence-electron chi connectivity index (χ2n) is 2.51. The van der Waals surface area contributed by atoms with Gasteiger partial charge in [0.25, 0.3) is 0 Å². The van der Waals surface area contributed by atoms with Crippen molar-refractivity contribution in [3.63, 3.8) is 0 Å². The molecule has 1 aromatic rings. The highest BCUT2D eigenvalue weighted by atomic mass is 16.3. The van der Waals surface area contributed by atoms with E-state index in [-0.39, 0.29) is 13.2 Å². The van der Waals surface area contributed by atoms with Crippen LogP contribution in [0.4, 0.5) is 0 Å². The first-order valence-electron chi connectivity index (χ1n) is 3.78. The van der Waals surface area contributed by atoms with E-state index in [0.717, 1.165) is 16.7 Å². The molecule has 64 valence electrons. The summed E-state index contributed by atoms with van der Waals surface area (Å²) in [6, 6.07) is 5.48. The molecule has 0 unspecified atom stereocenters. The van der Waals surface area contributed by atoms with Gasteiger partial charge in [0.15, 0.2) is 0 Å². The SMILES string of the molecule is C=Cc1cccc(CO)c1CO. The summed E-state index contributed by atoms with van der Waals surface area (Å²) in [4.78, 5) is 0. The van der Waals surface area contributed by atoms with Crippen LogP contribution in [-0.4, -0.2) is 10.2 Å². The molecule has 1 rings (SSSR count). The van der Waals surface area contributed by atoms with Crippen molar-refractivity contribution in [1.82, 2.24) is 0 Å². The maximum atomic E-state index is 9.00. The molecule has 12 heavy (non-hydrogen) atoms. The predicted molar refractivity (Wildman–Crippen MR) is 48.4 cm³/mol. The molecule has 0 bridgehead atoms. The molecule has 0 heterocycles. The average molecular weight is 164 g/mol. The maximum Gasteiger partial charge on any atom is 0.0691 e. The summed E-state index contributed by atoms with van der Waals surface area (Å²) in [6.45, 7) is 3.52. The first-order chi connectivity index (χ1) is 5.83. The van der Waals surface area contributed by atoms with Crippen LogP contribution in [0.2, 0.25) is 0 Å². The fourth-order valence-electron chi connectivity index (χ4n) is 1.19. The summed E-state index contributed by atoms with van der Waals surface area (Å²) in [5.74, 6) is 0. The molecule has 0 fully saturated rings. The Morgan fingerprint density at radius 2 is 2.00 bits per heavy atom. The van der Waals surface area contributed by atoms with E-state index in [9.17, 15) is 0 Å². The van der Waals surface area contributed by atoms with E-state index in [1.807, 2.05) is 12.1 Å². The maximum absolute atomic E-state index is 9.00. The number of benzene rings is 1. The summed E-state index contributed by atoms with van der Waals surface area (Å²) in [7, 11) is 0. The molecule has 0 radical (unpaired) electrons. The lowest BCUT2D eigenvalue weighted by molar-refractivity contribution is 0.260. The predicted octanol–water partition coefficient (Wildman–Crippen LogP) is 1.31.